The van der Waals surface area contributed by atoms with Crippen LogP contribution in [0.25, 0.3) is 11.3 Å². The zero-order chi connectivity index (χ0) is 17.6. The highest BCUT2D eigenvalue weighted by atomic mass is 35.7. The number of benzene rings is 2. The lowest BCUT2D eigenvalue weighted by atomic mass is 10.2. The molecule has 1 heterocycles. The van der Waals surface area contributed by atoms with Gasteiger partial charge in [0.2, 0.25) is 18.0 Å². The first kappa shape index (κ1) is 18.1. The van der Waals surface area contributed by atoms with Gasteiger partial charge >= 0.3 is 0 Å². The van der Waals surface area contributed by atoms with Gasteiger partial charge in [0, 0.05) is 18.1 Å². The fourth-order valence-electron chi connectivity index (χ4n) is 2.12. The zero-order valence-electron chi connectivity index (χ0n) is 12.9. The highest BCUT2D eigenvalue weighted by Crippen LogP contribution is 2.18. The molecule has 0 aliphatic heterocycles. The second kappa shape index (κ2) is 8.05. The van der Waals surface area contributed by atoms with Crippen LogP contribution >= 0.6 is 0 Å². The third-order valence-electron chi connectivity index (χ3n) is 3.17. The highest BCUT2D eigenvalue weighted by molar-refractivity contribution is 5.56. The van der Waals surface area contributed by atoms with E-state index in [1.165, 1.54) is 5.56 Å². The number of hydrogen-bond donors (Lipinski definition) is 0. The van der Waals surface area contributed by atoms with Crippen LogP contribution in [0.5, 0.6) is 0 Å². The van der Waals surface area contributed by atoms with Gasteiger partial charge in [0.05, 0.1) is 6.07 Å². The largest absolute Gasteiger partial charge is 0.236 e. The van der Waals surface area contributed by atoms with Crippen LogP contribution in [0.3, 0.4) is 0 Å². The van der Waals surface area contributed by atoms with Gasteiger partial charge in [0.25, 0.3) is 0 Å². The number of halogens is 1. The molecule has 126 valence electrons. The molecular formula is C17H16ClNO5. The maximum atomic E-state index is 8.49. The molecular weight excluding hydrogens is 334 g/mol. The summed E-state index contributed by atoms with van der Waals surface area (Å²) in [6.07, 6.45) is 0. The Morgan fingerprint density at radius 3 is 1.92 bits per heavy atom. The van der Waals surface area contributed by atoms with Gasteiger partial charge < -0.3 is 0 Å². The van der Waals surface area contributed by atoms with Crippen molar-refractivity contribution in [2.75, 3.05) is 0 Å². The summed E-state index contributed by atoms with van der Waals surface area (Å²) in [5.74, 6) is 0.911. The van der Waals surface area contributed by atoms with Crippen molar-refractivity contribution in [1.29, 1.82) is 0 Å². The van der Waals surface area contributed by atoms with E-state index in [0.717, 1.165) is 23.6 Å². The summed E-state index contributed by atoms with van der Waals surface area (Å²) in [6.45, 7) is 2.83. The van der Waals surface area contributed by atoms with E-state index in [1.807, 2.05) is 41.1 Å². The Kier molecular flexibility index (Phi) is 6.08. The van der Waals surface area contributed by atoms with Crippen molar-refractivity contribution < 1.29 is 38.1 Å². The lowest BCUT2D eigenvalue weighted by Crippen LogP contribution is -2.68. The highest BCUT2D eigenvalue weighted by Gasteiger charge is 2.17. The quantitative estimate of drug-likeness (QED) is 0.554. The van der Waals surface area contributed by atoms with Gasteiger partial charge in [-0.1, -0.05) is 60.7 Å². The molecule has 0 aliphatic carbocycles. The maximum Gasteiger partial charge on any atom is 0.229 e. The lowest BCUT2D eigenvalue weighted by Gasteiger charge is -2.17. The predicted octanol–water partition coefficient (Wildman–Crippen LogP) is -1.17. The zero-order valence-corrected chi connectivity index (χ0v) is 13.7. The van der Waals surface area contributed by atoms with Crippen molar-refractivity contribution in [3.05, 3.63) is 78.0 Å². The molecule has 7 heteroatoms. The average Bonchev–Trinajstić information content (AvgIpc) is 2.89. The van der Waals surface area contributed by atoms with Gasteiger partial charge in [-0.3, -0.25) is 0 Å². The first-order valence-electron chi connectivity index (χ1n) is 7.05. The second-order valence-electron chi connectivity index (χ2n) is 5.01. The van der Waals surface area contributed by atoms with Crippen LogP contribution in [0.15, 0.2) is 71.3 Å². The van der Waals surface area contributed by atoms with E-state index in [4.69, 9.17) is 23.2 Å². The SMILES string of the molecule is Cc1cc(-c2ccccc2)o[n+]1Cc1ccccc1.[O-][Cl+3]([O-])([O-])[O-]. The van der Waals surface area contributed by atoms with Gasteiger partial charge in [-0.15, -0.1) is 10.2 Å². The summed E-state index contributed by atoms with van der Waals surface area (Å²) < 4.78 is 41.8. The van der Waals surface area contributed by atoms with E-state index >= 15 is 0 Å². The van der Waals surface area contributed by atoms with E-state index in [-0.39, 0.29) is 0 Å². The molecule has 0 bridgehead atoms. The van der Waals surface area contributed by atoms with Crippen LogP contribution < -0.4 is 23.4 Å². The minimum Gasteiger partial charge on any atom is -0.236 e. The summed E-state index contributed by atoms with van der Waals surface area (Å²) in [5.41, 5.74) is 3.48. The number of rotatable bonds is 3. The van der Waals surface area contributed by atoms with Crippen molar-refractivity contribution in [2.45, 2.75) is 13.5 Å². The Bertz CT molecular complexity index is 748. The summed E-state index contributed by atoms with van der Waals surface area (Å²) in [7, 11) is -4.94. The van der Waals surface area contributed by atoms with E-state index in [2.05, 4.69) is 37.3 Å². The van der Waals surface area contributed by atoms with Crippen LogP contribution in [-0.2, 0) is 6.54 Å². The Hall–Kier alpha value is -2.22. The molecule has 0 N–H and O–H groups in total. The van der Waals surface area contributed by atoms with Gasteiger partial charge in [-0.25, -0.2) is 23.2 Å². The van der Waals surface area contributed by atoms with Gasteiger partial charge in [-0.2, -0.15) is 0 Å². The van der Waals surface area contributed by atoms with E-state index in [9.17, 15) is 0 Å². The molecule has 0 unspecified atom stereocenters. The van der Waals surface area contributed by atoms with Crippen LogP contribution in [0.2, 0.25) is 0 Å². The molecule has 6 nitrogen and oxygen atoms in total. The van der Waals surface area contributed by atoms with Crippen molar-refractivity contribution in [1.82, 2.24) is 0 Å². The number of hydrogen-bond acceptors (Lipinski definition) is 5. The molecule has 0 amide bonds. The minimum absolute atomic E-state index is 0.763. The summed E-state index contributed by atoms with van der Waals surface area (Å²) in [5, 5.41) is 0. The Labute approximate surface area is 141 Å². The Balaban J connectivity index is 0.000000368. The van der Waals surface area contributed by atoms with E-state index in [0.29, 0.717) is 0 Å². The Morgan fingerprint density at radius 2 is 1.38 bits per heavy atom. The smallest absolute Gasteiger partial charge is 0.229 e. The van der Waals surface area contributed by atoms with Crippen LogP contribution in [0, 0.1) is 17.2 Å². The molecule has 1 aromatic heterocycles. The average molecular weight is 350 g/mol. The van der Waals surface area contributed by atoms with Crippen molar-refractivity contribution >= 4 is 0 Å². The molecule has 0 spiro atoms. The number of nitrogens with zero attached hydrogens (tertiary/aromatic N) is 1. The van der Waals surface area contributed by atoms with Gasteiger partial charge in [0.1, 0.15) is 0 Å². The third-order valence-corrected chi connectivity index (χ3v) is 3.17. The molecule has 24 heavy (non-hydrogen) atoms. The Morgan fingerprint density at radius 1 is 0.875 bits per heavy atom. The number of aromatic nitrogens is 1. The lowest BCUT2D eigenvalue weighted by molar-refractivity contribution is -2.00. The van der Waals surface area contributed by atoms with Crippen LogP contribution in [0.4, 0.5) is 0 Å². The van der Waals surface area contributed by atoms with Gasteiger partial charge in [-0.05, 0) is 4.74 Å². The molecule has 0 aliphatic rings. The summed E-state index contributed by atoms with van der Waals surface area (Å²) >= 11 is 0. The first-order chi connectivity index (χ1) is 11.3. The van der Waals surface area contributed by atoms with Gasteiger partial charge in [0.15, 0.2) is 0 Å². The molecule has 3 aromatic rings. The topological polar surface area (TPSA) is 109 Å². The predicted molar refractivity (Wildman–Crippen MR) is 74.6 cm³/mol. The fraction of sp³-hybridized carbons (Fsp3) is 0.118. The molecule has 2 aromatic carbocycles. The normalized spacial score (nSPS) is 10.9. The summed E-state index contributed by atoms with van der Waals surface area (Å²) in [6, 6.07) is 22.6. The van der Waals surface area contributed by atoms with Crippen molar-refractivity contribution in [2.24, 2.45) is 0 Å². The molecule has 0 radical (unpaired) electrons. The molecule has 0 fully saturated rings. The molecule has 0 saturated carbocycles. The van der Waals surface area contributed by atoms with Crippen LogP contribution in [-0.4, -0.2) is 0 Å². The van der Waals surface area contributed by atoms with E-state index < -0.39 is 10.2 Å². The maximum absolute atomic E-state index is 8.49. The minimum atomic E-state index is -4.94. The monoisotopic (exact) mass is 349 g/mol. The van der Waals surface area contributed by atoms with Crippen molar-refractivity contribution in [3.8, 4) is 11.3 Å². The van der Waals surface area contributed by atoms with E-state index in [1.54, 1.807) is 0 Å². The molecule has 0 atom stereocenters. The number of aryl methyl sites for hydroxylation is 1. The summed E-state index contributed by atoms with van der Waals surface area (Å²) in [4.78, 5) is 0. The van der Waals surface area contributed by atoms with Crippen molar-refractivity contribution in [3.63, 3.8) is 0 Å². The fourth-order valence-corrected chi connectivity index (χ4v) is 2.12. The first-order valence-corrected chi connectivity index (χ1v) is 8.28. The standard InChI is InChI=1S/C17H16NO.ClHO4/c1-14-12-17(16-10-6-3-7-11-16)19-18(14)13-15-8-4-2-5-9-15;2-1(3,4)5/h2-12H,13H2,1H3;(H,2,3,4,5)/q+1;/p-1. The molecule has 0 saturated heterocycles. The second-order valence-corrected chi connectivity index (χ2v) is 5.76. The molecule has 3 rings (SSSR count). The van der Waals surface area contributed by atoms with Crippen LogP contribution in [0.1, 0.15) is 11.3 Å². The third kappa shape index (κ3) is 6.11.